The molecule has 0 aliphatic heterocycles. The predicted octanol–water partition coefficient (Wildman–Crippen LogP) is 14.8. The number of carbonyl (C=O) groups is 3. The molecule has 0 aromatic heterocycles. The topological polar surface area (TPSA) is 69.7 Å². The standard InChI is InChI=1S/C12H16F2OSi.C11H16OSi.C10H7F3O.C9H7FO.C8H8O.CH4/c1-16(2,3)15-11(9-12(11,13)14)10-7-5-4-6-8-10;1-10(12-13(2,3)4)11-8-6-5-7-9-11;11-9(6-10(9,12)13)8(14)7-4-2-1-3-5-7;1-7(10)9(11)8-5-3-2-4-6-8;1-7(9)8-5-3-2-4-6-8;/h4-8H,9H2,1-3H3;5-9H,1H2,2-4H3;1-5H,6H2;2-6H,1H2;2-6H,1H3;1H4. The van der Waals surface area contributed by atoms with Crippen LogP contribution in [0.4, 0.5) is 26.3 Å². The molecule has 2 aliphatic rings. The first kappa shape index (κ1) is 54.5. The van der Waals surface area contributed by atoms with Gasteiger partial charge >= 0.3 is 0 Å². The second-order valence-corrected chi connectivity index (χ2v) is 25.5. The fourth-order valence-electron chi connectivity index (χ4n) is 5.78. The molecule has 0 heterocycles. The Kier molecular flexibility index (Phi) is 19.4. The van der Waals surface area contributed by atoms with E-state index in [0.29, 0.717) is 11.1 Å². The molecule has 64 heavy (non-hydrogen) atoms. The number of alkyl halides is 5. The number of allylic oxidation sites excluding steroid dienone is 1. The van der Waals surface area contributed by atoms with Crippen molar-refractivity contribution in [3.63, 3.8) is 0 Å². The minimum atomic E-state index is -3.49. The average Bonchev–Trinajstić information content (AvgIpc) is 4.01. The second-order valence-electron chi connectivity index (χ2n) is 16.7. The maximum Gasteiger partial charge on any atom is 0.292 e. The van der Waals surface area contributed by atoms with Crippen LogP contribution in [0.3, 0.4) is 0 Å². The molecule has 0 spiro atoms. The van der Waals surface area contributed by atoms with Crippen molar-refractivity contribution in [3.8, 4) is 0 Å². The number of ketones is 3. The SMILES string of the molecule is C.C=C(F)C(=O)c1ccccc1.C=C(O[Si](C)(C)C)c1ccccc1.CC(=O)c1ccccc1.C[Si](C)(C)OC1(c2ccccc2)CC1(F)F.O=C(c1ccccc1)C1(F)CC1(F)F. The molecule has 7 rings (SSSR count). The van der Waals surface area contributed by atoms with Crippen molar-refractivity contribution in [2.24, 2.45) is 0 Å². The minimum Gasteiger partial charge on any atom is -0.544 e. The Labute approximate surface area is 376 Å². The first-order valence-corrected chi connectivity index (χ1v) is 26.8. The highest BCUT2D eigenvalue weighted by molar-refractivity contribution is 6.70. The molecule has 0 radical (unpaired) electrons. The molecule has 5 aromatic carbocycles. The summed E-state index contributed by atoms with van der Waals surface area (Å²) in [5, 5.41) is 0. The van der Waals surface area contributed by atoms with Crippen LogP contribution in [0.2, 0.25) is 39.3 Å². The van der Waals surface area contributed by atoms with Gasteiger partial charge in [-0.3, -0.25) is 14.4 Å². The zero-order valence-corrected chi connectivity index (χ0v) is 38.6. The van der Waals surface area contributed by atoms with Gasteiger partial charge in [-0.2, -0.15) is 0 Å². The molecule has 5 aromatic rings. The van der Waals surface area contributed by atoms with Crippen molar-refractivity contribution in [2.75, 3.05) is 0 Å². The van der Waals surface area contributed by atoms with Crippen LogP contribution in [-0.4, -0.2) is 51.5 Å². The van der Waals surface area contributed by atoms with Crippen LogP contribution in [0.5, 0.6) is 0 Å². The number of hydrogen-bond acceptors (Lipinski definition) is 5. The lowest BCUT2D eigenvalue weighted by atomic mass is 10.1. The van der Waals surface area contributed by atoms with Gasteiger partial charge in [0, 0.05) is 22.3 Å². The van der Waals surface area contributed by atoms with Crippen LogP contribution < -0.4 is 0 Å². The van der Waals surface area contributed by atoms with E-state index in [1.54, 1.807) is 67.6 Å². The summed E-state index contributed by atoms with van der Waals surface area (Å²) in [6.07, 6.45) is -1.18. The molecule has 342 valence electrons. The van der Waals surface area contributed by atoms with E-state index < -0.39 is 63.6 Å². The smallest absolute Gasteiger partial charge is 0.292 e. The predicted molar refractivity (Wildman–Crippen MR) is 250 cm³/mol. The molecule has 2 fully saturated rings. The van der Waals surface area contributed by atoms with Crippen LogP contribution in [0.15, 0.2) is 171 Å². The zero-order chi connectivity index (χ0) is 47.3. The first-order chi connectivity index (χ1) is 29.3. The summed E-state index contributed by atoms with van der Waals surface area (Å²) in [5.41, 5.74) is -1.54. The molecule has 5 nitrogen and oxygen atoms in total. The van der Waals surface area contributed by atoms with Gasteiger partial charge in [0.1, 0.15) is 5.76 Å². The molecule has 0 amide bonds. The van der Waals surface area contributed by atoms with Crippen molar-refractivity contribution in [3.05, 3.63) is 198 Å². The molecule has 0 N–H and O–H groups in total. The maximum absolute atomic E-state index is 13.6. The lowest BCUT2D eigenvalue weighted by Crippen LogP contribution is -2.35. The molecular weight excluding hydrogens is 863 g/mol. The van der Waals surface area contributed by atoms with E-state index >= 15 is 0 Å². The highest BCUT2D eigenvalue weighted by Gasteiger charge is 2.77. The summed E-state index contributed by atoms with van der Waals surface area (Å²) in [5.74, 6) is -7.98. The van der Waals surface area contributed by atoms with Crippen LogP contribution in [0.25, 0.3) is 5.76 Å². The van der Waals surface area contributed by atoms with E-state index in [4.69, 9.17) is 8.85 Å². The van der Waals surface area contributed by atoms with E-state index in [9.17, 15) is 40.7 Å². The van der Waals surface area contributed by atoms with Crippen molar-refractivity contribution in [2.45, 2.75) is 89.6 Å². The summed E-state index contributed by atoms with van der Waals surface area (Å²) in [6, 6.07) is 43.6. The first-order valence-electron chi connectivity index (χ1n) is 20.0. The van der Waals surface area contributed by atoms with Crippen molar-refractivity contribution < 1.29 is 49.6 Å². The van der Waals surface area contributed by atoms with Gasteiger partial charge in [-0.1, -0.05) is 172 Å². The third-order valence-corrected chi connectivity index (χ3v) is 10.8. The van der Waals surface area contributed by atoms with Gasteiger partial charge in [-0.25, -0.2) is 26.3 Å². The Morgan fingerprint density at radius 1 is 0.531 bits per heavy atom. The highest BCUT2D eigenvalue weighted by Crippen LogP contribution is 2.63. The number of hydrogen-bond donors (Lipinski definition) is 0. The Morgan fingerprint density at radius 3 is 1.17 bits per heavy atom. The summed E-state index contributed by atoms with van der Waals surface area (Å²) >= 11 is 0. The molecule has 2 atom stereocenters. The zero-order valence-electron chi connectivity index (χ0n) is 36.6. The molecule has 0 saturated heterocycles. The lowest BCUT2D eigenvalue weighted by molar-refractivity contribution is 0.00369. The maximum atomic E-state index is 13.6. The average molecular weight is 921 g/mol. The summed E-state index contributed by atoms with van der Waals surface area (Å²) in [7, 11) is -3.48. The van der Waals surface area contributed by atoms with Gasteiger partial charge in [-0.05, 0) is 51.8 Å². The summed E-state index contributed by atoms with van der Waals surface area (Å²) in [6.45, 7) is 20.7. The number of rotatable bonds is 11. The van der Waals surface area contributed by atoms with E-state index in [1.807, 2.05) is 86.4 Å². The Hall–Kier alpha value is -5.64. The fourth-order valence-corrected chi connectivity index (χ4v) is 8.02. The monoisotopic (exact) mass is 920 g/mol. The Bertz CT molecular complexity index is 2280. The number of carbonyl (C=O) groups excluding carboxylic acids is 3. The van der Waals surface area contributed by atoms with Gasteiger partial charge < -0.3 is 8.85 Å². The third kappa shape index (κ3) is 16.2. The van der Waals surface area contributed by atoms with Crippen molar-refractivity contribution in [1.82, 2.24) is 0 Å². The Morgan fingerprint density at radius 2 is 0.875 bits per heavy atom. The van der Waals surface area contributed by atoms with Gasteiger partial charge in [-0.15, -0.1) is 0 Å². The van der Waals surface area contributed by atoms with Gasteiger partial charge in [0.05, 0.1) is 12.8 Å². The van der Waals surface area contributed by atoms with Crippen LogP contribution in [-0.2, 0) is 14.5 Å². The number of Topliss-reactive ketones (excluding diaryl/α,β-unsaturated/α-hetero) is 3. The van der Waals surface area contributed by atoms with Crippen LogP contribution in [0.1, 0.15) is 69.4 Å². The molecule has 13 heteroatoms. The van der Waals surface area contributed by atoms with Crippen LogP contribution >= 0.6 is 0 Å². The third-order valence-electron chi connectivity index (χ3n) is 8.96. The van der Waals surface area contributed by atoms with E-state index in [0.717, 1.165) is 16.9 Å². The van der Waals surface area contributed by atoms with Gasteiger partial charge in [0.2, 0.25) is 25.6 Å². The highest BCUT2D eigenvalue weighted by atomic mass is 28.4. The van der Waals surface area contributed by atoms with Crippen molar-refractivity contribution in [1.29, 1.82) is 0 Å². The van der Waals surface area contributed by atoms with E-state index in [1.165, 1.54) is 24.3 Å². The van der Waals surface area contributed by atoms with Gasteiger partial charge in [0.15, 0.2) is 25.5 Å². The van der Waals surface area contributed by atoms with Gasteiger partial charge in [0.25, 0.3) is 11.8 Å². The van der Waals surface area contributed by atoms with Crippen molar-refractivity contribution >= 4 is 39.7 Å². The summed E-state index contributed by atoms with van der Waals surface area (Å²) in [4.78, 5) is 32.8. The second kappa shape index (κ2) is 22.8. The molecular formula is C51H58F6O5Si2. The quantitative estimate of drug-likeness (QED) is 0.0434. The molecule has 2 saturated carbocycles. The number of benzene rings is 5. The largest absolute Gasteiger partial charge is 0.544 e. The molecule has 2 unspecified atom stereocenters. The van der Waals surface area contributed by atoms with E-state index in [-0.39, 0.29) is 25.2 Å². The molecule has 2 aliphatic carbocycles. The van der Waals surface area contributed by atoms with E-state index in [2.05, 4.69) is 32.8 Å². The molecule has 0 bridgehead atoms. The lowest BCUT2D eigenvalue weighted by Gasteiger charge is -2.27. The minimum absolute atomic E-state index is 0. The number of halogens is 6. The normalized spacial score (nSPS) is 18.3. The van der Waals surface area contributed by atoms with Crippen LogP contribution in [0, 0.1) is 0 Å². The Balaban J connectivity index is 0.000000277. The fraction of sp³-hybridized carbons (Fsp3) is 0.275. The summed E-state index contributed by atoms with van der Waals surface area (Å²) < 4.78 is 89.2.